The highest BCUT2D eigenvalue weighted by Crippen LogP contribution is 2.41. The number of nitrogens with one attached hydrogen (secondary N) is 1. The van der Waals surface area contributed by atoms with Crippen molar-refractivity contribution in [3.8, 4) is 11.5 Å². The van der Waals surface area contributed by atoms with Crippen molar-refractivity contribution in [2.75, 3.05) is 20.6 Å². The molecule has 2 N–H and O–H groups in total. The molecular weight excluding hydrogens is 266 g/mol. The first-order valence-corrected chi connectivity index (χ1v) is 7.11. The monoisotopic (exact) mass is 286 g/mol. The summed E-state index contributed by atoms with van der Waals surface area (Å²) in [6.07, 6.45) is -0.472. The highest BCUT2D eigenvalue weighted by molar-refractivity contribution is 5.43. The minimum absolute atomic E-state index is 0.472. The van der Waals surface area contributed by atoms with Crippen LogP contribution >= 0.6 is 0 Å². The van der Waals surface area contributed by atoms with Crippen molar-refractivity contribution in [3.05, 3.63) is 60.2 Å². The van der Waals surface area contributed by atoms with Gasteiger partial charge in [-0.2, -0.15) is 0 Å². The van der Waals surface area contributed by atoms with Crippen LogP contribution < -0.4 is 14.4 Å². The molecule has 0 saturated carbocycles. The SMILES string of the molecule is C[NH+](C)CC1Oc2ccccc2OC1(O)c1ccccc1. The number of ether oxygens (including phenoxy) is 2. The van der Waals surface area contributed by atoms with Crippen molar-refractivity contribution in [3.63, 3.8) is 0 Å². The Kier molecular flexibility index (Phi) is 3.57. The molecule has 4 nitrogen and oxygen atoms in total. The van der Waals surface area contributed by atoms with E-state index in [0.717, 1.165) is 0 Å². The lowest BCUT2D eigenvalue weighted by molar-refractivity contribution is -0.863. The van der Waals surface area contributed by atoms with Crippen LogP contribution in [0.25, 0.3) is 0 Å². The standard InChI is InChI=1S/C17H19NO3/c1-18(2)12-16-17(19,13-8-4-3-5-9-13)21-15-11-7-6-10-14(15)20-16/h3-11,16,19H,12H2,1-2H3/p+1. The molecule has 110 valence electrons. The number of hydrogen-bond acceptors (Lipinski definition) is 3. The quantitative estimate of drug-likeness (QED) is 0.878. The van der Waals surface area contributed by atoms with E-state index in [1.54, 1.807) is 0 Å². The van der Waals surface area contributed by atoms with Gasteiger partial charge in [-0.15, -0.1) is 0 Å². The molecule has 0 spiro atoms. The van der Waals surface area contributed by atoms with E-state index in [4.69, 9.17) is 9.47 Å². The molecule has 2 atom stereocenters. The number of quaternary nitrogens is 1. The summed E-state index contributed by atoms with van der Waals surface area (Å²) in [6, 6.07) is 16.8. The molecule has 2 aromatic rings. The molecule has 2 unspecified atom stereocenters. The number of benzene rings is 2. The molecule has 3 rings (SSSR count). The first-order valence-electron chi connectivity index (χ1n) is 7.11. The molecule has 0 amide bonds. The molecule has 0 aromatic heterocycles. The third-order valence-corrected chi connectivity index (χ3v) is 3.60. The molecule has 0 bridgehead atoms. The highest BCUT2D eigenvalue weighted by Gasteiger charge is 2.48. The van der Waals surface area contributed by atoms with Crippen LogP contribution in [-0.2, 0) is 5.79 Å². The van der Waals surface area contributed by atoms with E-state index < -0.39 is 11.9 Å². The zero-order valence-corrected chi connectivity index (χ0v) is 12.2. The van der Waals surface area contributed by atoms with Crippen molar-refractivity contribution < 1.29 is 19.5 Å². The van der Waals surface area contributed by atoms with Crippen LogP contribution in [0, 0.1) is 0 Å². The number of likely N-dealkylation sites (N-methyl/N-ethyl adjacent to an activating group) is 1. The summed E-state index contributed by atoms with van der Waals surface area (Å²) in [6.45, 7) is 0.625. The molecule has 0 fully saturated rings. The van der Waals surface area contributed by atoms with Gasteiger partial charge >= 0.3 is 0 Å². The summed E-state index contributed by atoms with van der Waals surface area (Å²) in [5.74, 6) is -0.245. The Labute approximate surface area is 124 Å². The van der Waals surface area contributed by atoms with Crippen LogP contribution in [0.2, 0.25) is 0 Å². The molecule has 21 heavy (non-hydrogen) atoms. The zero-order chi connectivity index (χ0) is 14.9. The summed E-state index contributed by atoms with van der Waals surface area (Å²) < 4.78 is 12.0. The highest BCUT2D eigenvalue weighted by atomic mass is 16.7. The lowest BCUT2D eigenvalue weighted by atomic mass is 9.98. The third kappa shape index (κ3) is 2.60. The van der Waals surface area contributed by atoms with E-state index in [2.05, 4.69) is 0 Å². The van der Waals surface area contributed by atoms with Crippen LogP contribution in [0.4, 0.5) is 0 Å². The Hall–Kier alpha value is -2.04. The second-order valence-electron chi connectivity index (χ2n) is 5.63. The number of aliphatic hydroxyl groups is 1. The molecule has 1 aliphatic rings. The van der Waals surface area contributed by atoms with E-state index in [9.17, 15) is 5.11 Å². The molecule has 1 heterocycles. The summed E-state index contributed by atoms with van der Waals surface area (Å²) >= 11 is 0. The summed E-state index contributed by atoms with van der Waals surface area (Å²) in [7, 11) is 4.05. The van der Waals surface area contributed by atoms with Crippen molar-refractivity contribution in [1.29, 1.82) is 0 Å². The second kappa shape index (κ2) is 5.39. The first-order chi connectivity index (χ1) is 10.1. The average Bonchev–Trinajstić information content (AvgIpc) is 2.48. The fourth-order valence-electron chi connectivity index (χ4n) is 2.57. The molecule has 0 aliphatic carbocycles. The van der Waals surface area contributed by atoms with Crippen LogP contribution in [0.1, 0.15) is 5.56 Å². The molecule has 1 aliphatic heterocycles. The second-order valence-corrected chi connectivity index (χ2v) is 5.63. The van der Waals surface area contributed by atoms with Crippen LogP contribution in [0.15, 0.2) is 54.6 Å². The summed E-state index contributed by atoms with van der Waals surface area (Å²) in [4.78, 5) is 1.18. The Morgan fingerprint density at radius 1 is 1.00 bits per heavy atom. The predicted molar refractivity (Wildman–Crippen MR) is 79.5 cm³/mol. The average molecular weight is 286 g/mol. The fraction of sp³-hybridized carbons (Fsp3) is 0.294. The lowest BCUT2D eigenvalue weighted by Crippen LogP contribution is -3.07. The largest absolute Gasteiger partial charge is 0.473 e. The van der Waals surface area contributed by atoms with Gasteiger partial charge in [0.15, 0.2) is 11.5 Å². The van der Waals surface area contributed by atoms with Crippen LogP contribution in [0.3, 0.4) is 0 Å². The van der Waals surface area contributed by atoms with Gasteiger partial charge < -0.3 is 19.5 Å². The number of para-hydroxylation sites is 2. The van der Waals surface area contributed by atoms with Gasteiger partial charge in [0.1, 0.15) is 6.54 Å². The summed E-state index contributed by atoms with van der Waals surface area (Å²) in [5.41, 5.74) is 0.700. The van der Waals surface area contributed by atoms with Gasteiger partial charge in [0, 0.05) is 5.56 Å². The summed E-state index contributed by atoms with van der Waals surface area (Å²) in [5, 5.41) is 11.1. The third-order valence-electron chi connectivity index (χ3n) is 3.60. The smallest absolute Gasteiger partial charge is 0.278 e. The fourth-order valence-corrected chi connectivity index (χ4v) is 2.57. The van der Waals surface area contributed by atoms with Gasteiger partial charge in [0.05, 0.1) is 14.1 Å². The first kappa shape index (κ1) is 13.9. The normalized spacial score (nSPS) is 24.1. The Morgan fingerprint density at radius 3 is 2.29 bits per heavy atom. The zero-order valence-electron chi connectivity index (χ0n) is 12.2. The predicted octanol–water partition coefficient (Wildman–Crippen LogP) is 0.816. The maximum atomic E-state index is 11.1. The number of rotatable bonds is 3. The van der Waals surface area contributed by atoms with Gasteiger partial charge in [-0.3, -0.25) is 0 Å². The topological polar surface area (TPSA) is 43.1 Å². The van der Waals surface area contributed by atoms with E-state index in [-0.39, 0.29) is 0 Å². The minimum atomic E-state index is -1.48. The van der Waals surface area contributed by atoms with Crippen molar-refractivity contribution in [1.82, 2.24) is 0 Å². The van der Waals surface area contributed by atoms with Gasteiger partial charge in [-0.25, -0.2) is 0 Å². The molecule has 0 saturated heterocycles. The Balaban J connectivity index is 2.03. The maximum Gasteiger partial charge on any atom is 0.278 e. The molecule has 0 radical (unpaired) electrons. The maximum absolute atomic E-state index is 11.1. The van der Waals surface area contributed by atoms with Crippen molar-refractivity contribution in [2.24, 2.45) is 0 Å². The van der Waals surface area contributed by atoms with Crippen LogP contribution in [0.5, 0.6) is 11.5 Å². The minimum Gasteiger partial charge on any atom is -0.473 e. The van der Waals surface area contributed by atoms with Gasteiger partial charge in [-0.1, -0.05) is 42.5 Å². The van der Waals surface area contributed by atoms with Gasteiger partial charge in [0.2, 0.25) is 6.10 Å². The number of fused-ring (bicyclic) bond motifs is 1. The van der Waals surface area contributed by atoms with Gasteiger partial charge in [-0.05, 0) is 12.1 Å². The lowest BCUT2D eigenvalue weighted by Gasteiger charge is -2.40. The van der Waals surface area contributed by atoms with E-state index in [0.29, 0.717) is 23.6 Å². The Morgan fingerprint density at radius 2 is 1.62 bits per heavy atom. The van der Waals surface area contributed by atoms with E-state index in [1.807, 2.05) is 68.7 Å². The van der Waals surface area contributed by atoms with E-state index >= 15 is 0 Å². The van der Waals surface area contributed by atoms with Crippen LogP contribution in [-0.4, -0.2) is 31.9 Å². The van der Waals surface area contributed by atoms with Gasteiger partial charge in [0.25, 0.3) is 5.79 Å². The van der Waals surface area contributed by atoms with Crippen molar-refractivity contribution >= 4 is 0 Å². The molecule has 2 aromatic carbocycles. The van der Waals surface area contributed by atoms with E-state index in [1.165, 1.54) is 4.90 Å². The molecular formula is C17H20NO3+. The molecule has 4 heteroatoms. The number of hydrogen-bond donors (Lipinski definition) is 2. The van der Waals surface area contributed by atoms with Crippen molar-refractivity contribution in [2.45, 2.75) is 11.9 Å². The Bertz CT molecular complexity index is 614.